The average molecular weight is 311 g/mol. The predicted octanol–water partition coefficient (Wildman–Crippen LogP) is 3.57. The van der Waals surface area contributed by atoms with E-state index >= 15 is 0 Å². The molecule has 2 N–H and O–H groups in total. The second-order valence-corrected chi connectivity index (χ2v) is 4.97. The molecular formula is C14H12BrFO2. The molecule has 94 valence electrons. The van der Waals surface area contributed by atoms with Gasteiger partial charge in [-0.05, 0) is 29.8 Å². The Morgan fingerprint density at radius 3 is 2.61 bits per heavy atom. The van der Waals surface area contributed by atoms with Crippen molar-refractivity contribution in [2.24, 2.45) is 0 Å². The minimum Gasteiger partial charge on any atom is -0.508 e. The van der Waals surface area contributed by atoms with Gasteiger partial charge in [0.15, 0.2) is 0 Å². The van der Waals surface area contributed by atoms with Gasteiger partial charge in [0.2, 0.25) is 0 Å². The summed E-state index contributed by atoms with van der Waals surface area (Å²) in [4.78, 5) is 0. The molecule has 0 aliphatic carbocycles. The summed E-state index contributed by atoms with van der Waals surface area (Å²) < 4.78 is 14.3. The molecule has 1 unspecified atom stereocenters. The minimum atomic E-state index is -0.931. The molecule has 0 radical (unpaired) electrons. The first kappa shape index (κ1) is 13.1. The van der Waals surface area contributed by atoms with Crippen molar-refractivity contribution in [3.05, 3.63) is 63.9 Å². The van der Waals surface area contributed by atoms with Crippen molar-refractivity contribution in [2.45, 2.75) is 12.5 Å². The van der Waals surface area contributed by atoms with Crippen LogP contribution in [0.3, 0.4) is 0 Å². The van der Waals surface area contributed by atoms with Crippen molar-refractivity contribution < 1.29 is 14.6 Å². The summed E-state index contributed by atoms with van der Waals surface area (Å²) in [5, 5.41) is 19.3. The van der Waals surface area contributed by atoms with Gasteiger partial charge in [0.25, 0.3) is 0 Å². The Morgan fingerprint density at radius 2 is 1.94 bits per heavy atom. The molecule has 0 fully saturated rings. The van der Waals surface area contributed by atoms with Gasteiger partial charge in [-0.1, -0.05) is 34.1 Å². The van der Waals surface area contributed by atoms with E-state index in [1.54, 1.807) is 36.4 Å². The van der Waals surface area contributed by atoms with Gasteiger partial charge >= 0.3 is 0 Å². The van der Waals surface area contributed by atoms with Gasteiger partial charge in [-0.2, -0.15) is 0 Å². The van der Waals surface area contributed by atoms with Crippen LogP contribution in [0.1, 0.15) is 17.2 Å². The molecule has 0 aliphatic rings. The Labute approximate surface area is 113 Å². The molecule has 18 heavy (non-hydrogen) atoms. The highest BCUT2D eigenvalue weighted by molar-refractivity contribution is 9.10. The molecule has 2 aromatic rings. The van der Waals surface area contributed by atoms with Gasteiger partial charge in [-0.15, -0.1) is 0 Å². The van der Waals surface area contributed by atoms with Crippen LogP contribution in [0.2, 0.25) is 0 Å². The Kier molecular flexibility index (Phi) is 3.99. The van der Waals surface area contributed by atoms with Crippen LogP contribution >= 0.6 is 15.9 Å². The van der Waals surface area contributed by atoms with Gasteiger partial charge in [0.05, 0.1) is 6.10 Å². The molecule has 1 atom stereocenters. The van der Waals surface area contributed by atoms with E-state index in [0.717, 1.165) is 5.56 Å². The number of benzene rings is 2. The van der Waals surface area contributed by atoms with Crippen LogP contribution < -0.4 is 0 Å². The number of phenols is 1. The summed E-state index contributed by atoms with van der Waals surface area (Å²) in [5.41, 5.74) is 1.01. The topological polar surface area (TPSA) is 40.5 Å². The summed E-state index contributed by atoms with van der Waals surface area (Å²) in [6.45, 7) is 0. The fourth-order valence-corrected chi connectivity index (χ4v) is 2.12. The number of hydrogen-bond donors (Lipinski definition) is 2. The molecule has 0 aliphatic heterocycles. The van der Waals surface area contributed by atoms with Gasteiger partial charge in [0, 0.05) is 16.5 Å². The molecule has 2 aromatic carbocycles. The summed E-state index contributed by atoms with van der Waals surface area (Å²) in [6.07, 6.45) is -0.674. The Hall–Kier alpha value is -1.39. The highest BCUT2D eigenvalue weighted by Crippen LogP contribution is 2.24. The first-order chi connectivity index (χ1) is 8.56. The molecule has 2 nitrogen and oxygen atoms in total. The summed E-state index contributed by atoms with van der Waals surface area (Å²) in [7, 11) is 0. The van der Waals surface area contributed by atoms with Crippen molar-refractivity contribution in [2.75, 3.05) is 0 Å². The molecule has 0 heterocycles. The third-order valence-electron chi connectivity index (χ3n) is 2.66. The fourth-order valence-electron chi connectivity index (χ4n) is 1.79. The van der Waals surface area contributed by atoms with Crippen LogP contribution in [-0.2, 0) is 6.42 Å². The molecule has 2 rings (SSSR count). The maximum Gasteiger partial charge on any atom is 0.130 e. The van der Waals surface area contributed by atoms with Crippen LogP contribution in [0.4, 0.5) is 4.39 Å². The van der Waals surface area contributed by atoms with Crippen molar-refractivity contribution >= 4 is 15.9 Å². The van der Waals surface area contributed by atoms with E-state index in [1.807, 2.05) is 0 Å². The SMILES string of the molecule is Oc1cccc(CC(O)c2ccc(Br)cc2F)c1. The quantitative estimate of drug-likeness (QED) is 0.910. The fraction of sp³-hybridized carbons (Fsp3) is 0.143. The van der Waals surface area contributed by atoms with Crippen molar-refractivity contribution in [3.8, 4) is 5.75 Å². The zero-order chi connectivity index (χ0) is 13.1. The largest absolute Gasteiger partial charge is 0.508 e. The smallest absolute Gasteiger partial charge is 0.130 e. The van der Waals surface area contributed by atoms with E-state index in [4.69, 9.17) is 0 Å². The Bertz CT molecular complexity index is 557. The number of rotatable bonds is 3. The normalized spacial score (nSPS) is 12.4. The van der Waals surface area contributed by atoms with Crippen LogP contribution in [-0.4, -0.2) is 10.2 Å². The van der Waals surface area contributed by atoms with Gasteiger partial charge in [-0.3, -0.25) is 0 Å². The number of aliphatic hydroxyl groups excluding tert-OH is 1. The van der Waals surface area contributed by atoms with Crippen LogP contribution in [0.5, 0.6) is 5.75 Å². The lowest BCUT2D eigenvalue weighted by Gasteiger charge is -2.12. The van der Waals surface area contributed by atoms with E-state index in [1.165, 1.54) is 6.07 Å². The molecule has 0 spiro atoms. The molecule has 0 saturated carbocycles. The van der Waals surface area contributed by atoms with Gasteiger partial charge in [-0.25, -0.2) is 4.39 Å². The zero-order valence-corrected chi connectivity index (χ0v) is 11.1. The monoisotopic (exact) mass is 310 g/mol. The second-order valence-electron chi connectivity index (χ2n) is 4.06. The molecular weight excluding hydrogens is 299 g/mol. The van der Waals surface area contributed by atoms with E-state index in [2.05, 4.69) is 15.9 Å². The lowest BCUT2D eigenvalue weighted by Crippen LogP contribution is -2.04. The van der Waals surface area contributed by atoms with Crippen molar-refractivity contribution in [3.63, 3.8) is 0 Å². The number of aromatic hydroxyl groups is 1. The van der Waals surface area contributed by atoms with E-state index in [0.29, 0.717) is 4.47 Å². The molecule has 0 bridgehead atoms. The summed E-state index contributed by atoms with van der Waals surface area (Å²) in [5.74, 6) is -0.312. The average Bonchev–Trinajstić information content (AvgIpc) is 2.28. The number of aliphatic hydroxyl groups is 1. The lowest BCUT2D eigenvalue weighted by atomic mass is 10.0. The van der Waals surface area contributed by atoms with Crippen LogP contribution in [0, 0.1) is 5.82 Å². The first-order valence-electron chi connectivity index (χ1n) is 5.47. The summed E-state index contributed by atoms with van der Waals surface area (Å²) in [6, 6.07) is 11.1. The summed E-state index contributed by atoms with van der Waals surface area (Å²) >= 11 is 3.17. The Morgan fingerprint density at radius 1 is 1.17 bits per heavy atom. The van der Waals surface area contributed by atoms with Crippen molar-refractivity contribution in [1.29, 1.82) is 0 Å². The molecule has 0 amide bonds. The van der Waals surface area contributed by atoms with Gasteiger partial charge < -0.3 is 10.2 Å². The van der Waals surface area contributed by atoms with E-state index < -0.39 is 11.9 Å². The first-order valence-corrected chi connectivity index (χ1v) is 6.26. The second kappa shape index (κ2) is 5.50. The number of phenolic OH excluding ortho intramolecular Hbond substituents is 1. The standard InChI is InChI=1S/C14H12BrFO2/c15-10-4-5-12(13(16)8-10)14(18)7-9-2-1-3-11(17)6-9/h1-6,8,14,17-18H,7H2. The number of halogens is 2. The van der Waals surface area contributed by atoms with Crippen molar-refractivity contribution in [1.82, 2.24) is 0 Å². The van der Waals surface area contributed by atoms with E-state index in [-0.39, 0.29) is 17.7 Å². The predicted molar refractivity (Wildman–Crippen MR) is 70.9 cm³/mol. The third kappa shape index (κ3) is 3.09. The van der Waals surface area contributed by atoms with Crippen LogP contribution in [0.15, 0.2) is 46.9 Å². The van der Waals surface area contributed by atoms with Gasteiger partial charge in [0.1, 0.15) is 11.6 Å². The van der Waals surface area contributed by atoms with E-state index in [9.17, 15) is 14.6 Å². The lowest BCUT2D eigenvalue weighted by molar-refractivity contribution is 0.173. The zero-order valence-electron chi connectivity index (χ0n) is 9.48. The minimum absolute atomic E-state index is 0.135. The molecule has 0 saturated heterocycles. The molecule has 4 heteroatoms. The maximum atomic E-state index is 13.6. The van der Waals surface area contributed by atoms with Crippen LogP contribution in [0.25, 0.3) is 0 Å². The molecule has 0 aromatic heterocycles. The third-order valence-corrected chi connectivity index (χ3v) is 3.15. The Balaban J connectivity index is 2.19. The highest BCUT2D eigenvalue weighted by Gasteiger charge is 2.13. The maximum absolute atomic E-state index is 13.6. The highest BCUT2D eigenvalue weighted by atomic mass is 79.9. The number of hydrogen-bond acceptors (Lipinski definition) is 2.